The topological polar surface area (TPSA) is 78.5 Å². The van der Waals surface area contributed by atoms with Crippen LogP contribution in [0.2, 0.25) is 0 Å². The molecule has 0 radical (unpaired) electrons. The molecular formula is C25H27N3O3S2. The number of carbonyl (C=O) groups is 1. The lowest BCUT2D eigenvalue weighted by Crippen LogP contribution is -2.29. The summed E-state index contributed by atoms with van der Waals surface area (Å²) in [5.74, 6) is -0.00285. The maximum atomic E-state index is 12.3. The Morgan fingerprint density at radius 2 is 1.52 bits per heavy atom. The number of aryl methyl sites for hydroxylation is 1. The van der Waals surface area contributed by atoms with E-state index >= 15 is 0 Å². The van der Waals surface area contributed by atoms with Crippen molar-refractivity contribution >= 4 is 39.1 Å². The molecule has 33 heavy (non-hydrogen) atoms. The molecule has 8 heteroatoms. The molecule has 3 aromatic carbocycles. The number of rotatable bonds is 9. The third-order valence-corrected chi connectivity index (χ3v) is 8.12. The lowest BCUT2D eigenvalue weighted by Gasteiger charge is -2.32. The number of amides is 1. The average Bonchev–Trinajstić information content (AvgIpc) is 2.85. The Balaban J connectivity index is 1.27. The van der Waals surface area contributed by atoms with Gasteiger partial charge in [0.05, 0.1) is 16.3 Å². The van der Waals surface area contributed by atoms with Crippen LogP contribution >= 0.6 is 11.8 Å². The van der Waals surface area contributed by atoms with Crippen molar-refractivity contribution in [3.8, 4) is 0 Å². The predicted molar refractivity (Wildman–Crippen MR) is 133 cm³/mol. The lowest BCUT2D eigenvalue weighted by atomic mass is 10.1. The Hall–Kier alpha value is -2.81. The van der Waals surface area contributed by atoms with Crippen LogP contribution in [0.5, 0.6) is 0 Å². The first kappa shape index (κ1) is 23.4. The number of anilines is 2. The van der Waals surface area contributed by atoms with Crippen LogP contribution in [0.3, 0.4) is 0 Å². The minimum absolute atomic E-state index is 0.00285. The van der Waals surface area contributed by atoms with Crippen molar-refractivity contribution in [2.24, 2.45) is 0 Å². The molecule has 4 rings (SSSR count). The van der Waals surface area contributed by atoms with E-state index in [1.165, 1.54) is 28.2 Å². The molecule has 2 N–H and O–H groups in total. The first-order chi connectivity index (χ1) is 16.0. The van der Waals surface area contributed by atoms with E-state index in [2.05, 4.69) is 63.5 Å². The van der Waals surface area contributed by atoms with E-state index in [0.717, 1.165) is 18.5 Å². The summed E-state index contributed by atoms with van der Waals surface area (Å²) in [6.45, 7) is 1.42. The molecule has 0 fully saturated rings. The van der Waals surface area contributed by atoms with Crippen LogP contribution in [0.4, 0.5) is 11.4 Å². The first-order valence-electron chi connectivity index (χ1n) is 10.9. The van der Waals surface area contributed by atoms with E-state index in [4.69, 9.17) is 0 Å². The van der Waals surface area contributed by atoms with E-state index in [0.29, 0.717) is 19.4 Å². The van der Waals surface area contributed by atoms with Crippen molar-refractivity contribution in [1.29, 1.82) is 0 Å². The molecular weight excluding hydrogens is 454 g/mol. The fraction of sp³-hybridized carbons (Fsp3) is 0.240. The molecule has 0 unspecified atom stereocenters. The highest BCUT2D eigenvalue weighted by Gasteiger charge is 2.22. The summed E-state index contributed by atoms with van der Waals surface area (Å²) in [6, 6.07) is 23.4. The molecule has 0 bridgehead atoms. The summed E-state index contributed by atoms with van der Waals surface area (Å²) in [4.78, 5) is 17.3. The summed E-state index contributed by atoms with van der Waals surface area (Å²) in [5, 5.41) is 3.01. The van der Waals surface area contributed by atoms with Crippen LogP contribution in [0.15, 0.2) is 87.5 Å². The van der Waals surface area contributed by atoms with Gasteiger partial charge in [0.25, 0.3) is 0 Å². The van der Waals surface area contributed by atoms with Gasteiger partial charge in [0, 0.05) is 29.3 Å². The quantitative estimate of drug-likeness (QED) is 0.445. The molecule has 0 saturated carbocycles. The van der Waals surface area contributed by atoms with Gasteiger partial charge in [-0.25, -0.2) is 13.1 Å². The molecule has 172 valence electrons. The van der Waals surface area contributed by atoms with Gasteiger partial charge >= 0.3 is 0 Å². The highest BCUT2D eigenvalue weighted by atomic mass is 32.2. The fourth-order valence-corrected chi connectivity index (χ4v) is 5.61. The first-order valence-corrected chi connectivity index (χ1v) is 13.2. The Morgan fingerprint density at radius 3 is 2.12 bits per heavy atom. The summed E-state index contributed by atoms with van der Waals surface area (Å²) in [6.07, 6.45) is 1.76. The second-order valence-electron chi connectivity index (χ2n) is 7.74. The van der Waals surface area contributed by atoms with Gasteiger partial charge in [0.2, 0.25) is 15.9 Å². The van der Waals surface area contributed by atoms with E-state index < -0.39 is 10.0 Å². The number of hydrogen-bond donors (Lipinski definition) is 2. The predicted octanol–water partition coefficient (Wildman–Crippen LogP) is 4.34. The number of nitrogens with zero attached hydrogens (tertiary/aromatic N) is 1. The Labute approximate surface area is 199 Å². The van der Waals surface area contributed by atoms with Crippen molar-refractivity contribution in [3.63, 3.8) is 0 Å². The zero-order chi connectivity index (χ0) is 23.3. The number of sulfonamides is 1. The van der Waals surface area contributed by atoms with E-state index in [1.54, 1.807) is 36.0 Å². The van der Waals surface area contributed by atoms with Crippen LogP contribution in [0.25, 0.3) is 0 Å². The van der Waals surface area contributed by atoms with Crippen molar-refractivity contribution in [2.45, 2.75) is 33.9 Å². The number of nitrogens with one attached hydrogen (secondary N) is 2. The van der Waals surface area contributed by atoms with Crippen LogP contribution in [0.1, 0.15) is 18.4 Å². The lowest BCUT2D eigenvalue weighted by molar-refractivity contribution is -0.121. The second kappa shape index (κ2) is 10.4. The average molecular weight is 482 g/mol. The molecule has 1 aliphatic heterocycles. The highest BCUT2D eigenvalue weighted by Crippen LogP contribution is 2.47. The summed E-state index contributed by atoms with van der Waals surface area (Å²) >= 11 is 1.79. The Kier molecular flexibility index (Phi) is 7.37. The van der Waals surface area contributed by atoms with E-state index in [9.17, 15) is 13.2 Å². The van der Waals surface area contributed by atoms with Crippen LogP contribution in [-0.4, -0.2) is 34.5 Å². The standard InChI is InChI=1S/C25H27N3O3S2/c1-26-33(30,31)20-14-11-19(12-15-20)13-16-25(29)27-17-6-18-28-21-7-2-4-9-23(21)32-24-10-5-3-8-22(24)28/h2-5,7-12,14-15,26H,6,13,16-18H2,1H3,(H,27,29). The van der Waals surface area contributed by atoms with Gasteiger partial charge < -0.3 is 10.2 Å². The molecule has 0 spiro atoms. The second-order valence-corrected chi connectivity index (χ2v) is 10.7. The number of fused-ring (bicyclic) bond motifs is 2. The molecule has 1 heterocycles. The molecule has 1 amide bonds. The number of benzene rings is 3. The van der Waals surface area contributed by atoms with Crippen molar-refractivity contribution in [3.05, 3.63) is 78.4 Å². The summed E-state index contributed by atoms with van der Waals surface area (Å²) < 4.78 is 25.9. The zero-order valence-electron chi connectivity index (χ0n) is 18.5. The zero-order valence-corrected chi connectivity index (χ0v) is 20.1. The molecule has 1 aliphatic rings. The third kappa shape index (κ3) is 5.58. The van der Waals surface area contributed by atoms with E-state index in [1.807, 2.05) is 0 Å². The van der Waals surface area contributed by atoms with Crippen LogP contribution in [0, 0.1) is 0 Å². The fourth-order valence-electron chi connectivity index (χ4n) is 3.79. The van der Waals surface area contributed by atoms with Gasteiger partial charge in [0.1, 0.15) is 0 Å². The Morgan fingerprint density at radius 1 is 0.909 bits per heavy atom. The van der Waals surface area contributed by atoms with Gasteiger partial charge in [0.15, 0.2) is 0 Å². The molecule has 0 aromatic heterocycles. The summed E-state index contributed by atoms with van der Waals surface area (Å²) in [7, 11) is -2.06. The SMILES string of the molecule is CNS(=O)(=O)c1ccc(CCC(=O)NCCCN2c3ccccc3Sc3ccccc32)cc1. The molecule has 0 saturated heterocycles. The van der Waals surface area contributed by atoms with Crippen LogP contribution in [-0.2, 0) is 21.2 Å². The summed E-state index contributed by atoms with van der Waals surface area (Å²) in [5.41, 5.74) is 3.34. The minimum Gasteiger partial charge on any atom is -0.356 e. The largest absolute Gasteiger partial charge is 0.356 e. The normalized spacial score (nSPS) is 12.7. The Bertz CT molecular complexity index is 1180. The van der Waals surface area contributed by atoms with Gasteiger partial charge in [-0.1, -0.05) is 48.2 Å². The maximum Gasteiger partial charge on any atom is 0.240 e. The molecule has 0 atom stereocenters. The van der Waals surface area contributed by atoms with Gasteiger partial charge in [-0.05, 0) is 61.9 Å². The van der Waals surface area contributed by atoms with Crippen molar-refractivity contribution < 1.29 is 13.2 Å². The van der Waals surface area contributed by atoms with Gasteiger partial charge in [-0.2, -0.15) is 0 Å². The number of carbonyl (C=O) groups excluding carboxylic acids is 1. The van der Waals surface area contributed by atoms with Gasteiger partial charge in [-0.3, -0.25) is 4.79 Å². The minimum atomic E-state index is -3.44. The molecule has 0 aliphatic carbocycles. The van der Waals surface area contributed by atoms with Crippen molar-refractivity contribution in [1.82, 2.24) is 10.0 Å². The van der Waals surface area contributed by atoms with Gasteiger partial charge in [-0.15, -0.1) is 0 Å². The number of hydrogen-bond acceptors (Lipinski definition) is 5. The van der Waals surface area contributed by atoms with Crippen LogP contribution < -0.4 is 14.9 Å². The third-order valence-electron chi connectivity index (χ3n) is 5.56. The van der Waals surface area contributed by atoms with Crippen molar-refractivity contribution in [2.75, 3.05) is 25.0 Å². The molecule has 3 aromatic rings. The smallest absolute Gasteiger partial charge is 0.240 e. The molecule has 6 nitrogen and oxygen atoms in total. The highest BCUT2D eigenvalue weighted by molar-refractivity contribution is 7.99. The van der Waals surface area contributed by atoms with E-state index in [-0.39, 0.29) is 10.8 Å². The number of para-hydroxylation sites is 2. The maximum absolute atomic E-state index is 12.3. The monoisotopic (exact) mass is 481 g/mol.